The minimum Gasteiger partial charge on any atom is -0.381 e. The van der Waals surface area contributed by atoms with Gasteiger partial charge in [0.25, 0.3) is 0 Å². The minimum absolute atomic E-state index is 0.0368. The molecule has 1 aliphatic rings. The lowest BCUT2D eigenvalue weighted by atomic mass is 9.82. The number of hydrogen-bond donors (Lipinski definition) is 2. The van der Waals surface area contributed by atoms with E-state index in [-0.39, 0.29) is 17.4 Å². The first-order chi connectivity index (χ1) is 7.07. The van der Waals surface area contributed by atoms with E-state index in [2.05, 4.69) is 12.2 Å². The zero-order valence-electron chi connectivity index (χ0n) is 9.71. The molecule has 1 saturated heterocycles. The quantitative estimate of drug-likeness (QED) is 0.722. The Morgan fingerprint density at radius 1 is 1.53 bits per heavy atom. The molecular weight excluding hydrogens is 192 g/mol. The van der Waals surface area contributed by atoms with Gasteiger partial charge in [0, 0.05) is 19.8 Å². The van der Waals surface area contributed by atoms with Gasteiger partial charge in [-0.3, -0.25) is 4.79 Å². The van der Waals surface area contributed by atoms with E-state index in [0.717, 1.165) is 26.1 Å². The first-order valence-corrected chi connectivity index (χ1v) is 5.68. The minimum atomic E-state index is -0.367. The molecule has 0 radical (unpaired) electrons. The zero-order chi connectivity index (χ0) is 11.3. The van der Waals surface area contributed by atoms with Crippen LogP contribution in [0.2, 0.25) is 0 Å². The monoisotopic (exact) mass is 214 g/mol. The van der Waals surface area contributed by atoms with Crippen LogP contribution >= 0.6 is 0 Å². The molecule has 0 bridgehead atoms. The van der Waals surface area contributed by atoms with E-state index in [4.69, 9.17) is 10.5 Å². The van der Waals surface area contributed by atoms with Gasteiger partial charge >= 0.3 is 0 Å². The summed E-state index contributed by atoms with van der Waals surface area (Å²) in [5.74, 6) is -0.0368. The summed E-state index contributed by atoms with van der Waals surface area (Å²) in [6, 6.07) is -0.367. The molecule has 3 N–H and O–H groups in total. The zero-order valence-corrected chi connectivity index (χ0v) is 9.71. The molecule has 1 aliphatic heterocycles. The fraction of sp³-hybridized carbons (Fsp3) is 0.909. The van der Waals surface area contributed by atoms with Crippen molar-refractivity contribution in [1.82, 2.24) is 5.32 Å². The molecular formula is C11H22N2O2. The van der Waals surface area contributed by atoms with Gasteiger partial charge in [-0.05, 0) is 24.7 Å². The van der Waals surface area contributed by atoms with Gasteiger partial charge in [-0.1, -0.05) is 13.8 Å². The topological polar surface area (TPSA) is 64.4 Å². The lowest BCUT2D eigenvalue weighted by Crippen LogP contribution is -2.45. The highest BCUT2D eigenvalue weighted by Gasteiger charge is 2.28. The van der Waals surface area contributed by atoms with E-state index >= 15 is 0 Å². The van der Waals surface area contributed by atoms with E-state index in [1.165, 1.54) is 0 Å². The number of amides is 1. The van der Waals surface area contributed by atoms with Crippen LogP contribution in [-0.4, -0.2) is 31.7 Å². The van der Waals surface area contributed by atoms with Crippen LogP contribution in [-0.2, 0) is 9.53 Å². The molecule has 0 saturated carbocycles. The summed E-state index contributed by atoms with van der Waals surface area (Å²) in [5.41, 5.74) is 5.82. The average molecular weight is 214 g/mol. The van der Waals surface area contributed by atoms with Gasteiger partial charge in [-0.25, -0.2) is 0 Å². The van der Waals surface area contributed by atoms with Crippen LogP contribution in [0, 0.1) is 5.41 Å². The van der Waals surface area contributed by atoms with Crippen LogP contribution in [0.3, 0.4) is 0 Å². The van der Waals surface area contributed by atoms with Gasteiger partial charge in [0.2, 0.25) is 5.91 Å². The number of nitrogens with one attached hydrogen (secondary N) is 1. The average Bonchev–Trinajstić information content (AvgIpc) is 2.26. The highest BCUT2D eigenvalue weighted by molar-refractivity contribution is 5.81. The van der Waals surface area contributed by atoms with Gasteiger partial charge in [-0.2, -0.15) is 0 Å². The normalized spacial score (nSPS) is 22.1. The first-order valence-electron chi connectivity index (χ1n) is 5.68. The van der Waals surface area contributed by atoms with Crippen molar-refractivity contribution in [3.8, 4) is 0 Å². The van der Waals surface area contributed by atoms with Gasteiger partial charge in [0.15, 0.2) is 0 Å². The molecule has 0 aromatic carbocycles. The fourth-order valence-electron chi connectivity index (χ4n) is 1.66. The van der Waals surface area contributed by atoms with Gasteiger partial charge in [0.05, 0.1) is 6.04 Å². The van der Waals surface area contributed by atoms with E-state index in [1.54, 1.807) is 0 Å². The van der Waals surface area contributed by atoms with Crippen molar-refractivity contribution >= 4 is 5.91 Å². The van der Waals surface area contributed by atoms with Gasteiger partial charge in [-0.15, -0.1) is 0 Å². The van der Waals surface area contributed by atoms with Crippen LogP contribution in [0.15, 0.2) is 0 Å². The summed E-state index contributed by atoms with van der Waals surface area (Å²) in [5, 5.41) is 2.92. The Morgan fingerprint density at radius 2 is 2.13 bits per heavy atom. The predicted octanol–water partition coefficient (Wildman–Crippen LogP) is 0.657. The number of nitrogens with two attached hydrogens (primary N) is 1. The summed E-state index contributed by atoms with van der Waals surface area (Å²) < 4.78 is 5.30. The molecule has 15 heavy (non-hydrogen) atoms. The standard InChI is InChI=1S/C11H22N2O2/c1-3-9(12)10(14)13-8-11(2)4-6-15-7-5-11/h9H,3-8,12H2,1-2H3,(H,13,14)/t9-/m1/s1. The maximum Gasteiger partial charge on any atom is 0.236 e. The molecule has 0 unspecified atom stereocenters. The second-order valence-electron chi connectivity index (χ2n) is 4.66. The molecule has 0 spiro atoms. The molecule has 0 aliphatic carbocycles. The summed E-state index contributed by atoms with van der Waals surface area (Å²) in [7, 11) is 0. The van der Waals surface area contributed by atoms with Crippen molar-refractivity contribution in [1.29, 1.82) is 0 Å². The summed E-state index contributed by atoms with van der Waals surface area (Å²) in [4.78, 5) is 11.5. The summed E-state index contributed by atoms with van der Waals surface area (Å²) in [6.45, 7) is 6.41. The Hall–Kier alpha value is -0.610. The first kappa shape index (κ1) is 12.5. The van der Waals surface area contributed by atoms with Crippen LogP contribution < -0.4 is 11.1 Å². The van der Waals surface area contributed by atoms with E-state index in [0.29, 0.717) is 13.0 Å². The van der Waals surface area contributed by atoms with Crippen LogP contribution in [0.25, 0.3) is 0 Å². The van der Waals surface area contributed by atoms with Crippen molar-refractivity contribution < 1.29 is 9.53 Å². The third-order valence-corrected chi connectivity index (χ3v) is 3.17. The highest BCUT2D eigenvalue weighted by atomic mass is 16.5. The fourth-order valence-corrected chi connectivity index (χ4v) is 1.66. The molecule has 0 aromatic rings. The van der Waals surface area contributed by atoms with Crippen LogP contribution in [0.1, 0.15) is 33.1 Å². The lowest BCUT2D eigenvalue weighted by molar-refractivity contribution is -0.123. The summed E-state index contributed by atoms with van der Waals surface area (Å²) in [6.07, 6.45) is 2.70. The third kappa shape index (κ3) is 3.80. The Kier molecular flexibility index (Phi) is 4.54. The number of ether oxygens (including phenoxy) is 1. The van der Waals surface area contributed by atoms with E-state index in [1.807, 2.05) is 6.92 Å². The second-order valence-corrected chi connectivity index (χ2v) is 4.66. The number of hydrogen-bond acceptors (Lipinski definition) is 3. The molecule has 88 valence electrons. The number of carbonyl (C=O) groups is 1. The van der Waals surface area contributed by atoms with Crippen LogP contribution in [0.4, 0.5) is 0 Å². The lowest BCUT2D eigenvalue weighted by Gasteiger charge is -2.33. The Labute approximate surface area is 91.5 Å². The third-order valence-electron chi connectivity index (χ3n) is 3.17. The Morgan fingerprint density at radius 3 is 2.67 bits per heavy atom. The van der Waals surface area contributed by atoms with Gasteiger partial charge < -0.3 is 15.8 Å². The number of carbonyl (C=O) groups excluding carboxylic acids is 1. The molecule has 4 heteroatoms. The molecule has 1 atom stereocenters. The van der Waals surface area contributed by atoms with Crippen molar-refractivity contribution in [2.75, 3.05) is 19.8 Å². The molecule has 4 nitrogen and oxygen atoms in total. The molecule has 1 amide bonds. The maximum atomic E-state index is 11.5. The smallest absolute Gasteiger partial charge is 0.236 e. The van der Waals surface area contributed by atoms with Crippen molar-refractivity contribution in [2.24, 2.45) is 11.1 Å². The SMILES string of the molecule is CC[C@@H](N)C(=O)NCC1(C)CCOCC1. The van der Waals surface area contributed by atoms with Gasteiger partial charge in [0.1, 0.15) is 0 Å². The number of rotatable bonds is 4. The Balaban J connectivity index is 2.31. The van der Waals surface area contributed by atoms with Crippen molar-refractivity contribution in [3.05, 3.63) is 0 Å². The molecule has 1 fully saturated rings. The predicted molar refractivity (Wildman–Crippen MR) is 59.4 cm³/mol. The Bertz CT molecular complexity index is 213. The molecule has 1 heterocycles. The molecule has 0 aromatic heterocycles. The molecule has 1 rings (SSSR count). The highest BCUT2D eigenvalue weighted by Crippen LogP contribution is 2.28. The largest absolute Gasteiger partial charge is 0.381 e. The second kappa shape index (κ2) is 5.47. The maximum absolute atomic E-state index is 11.5. The van der Waals surface area contributed by atoms with Crippen LogP contribution in [0.5, 0.6) is 0 Å². The van der Waals surface area contributed by atoms with Crippen molar-refractivity contribution in [2.45, 2.75) is 39.2 Å². The van der Waals surface area contributed by atoms with E-state index < -0.39 is 0 Å². The summed E-state index contributed by atoms with van der Waals surface area (Å²) >= 11 is 0. The van der Waals surface area contributed by atoms with E-state index in [9.17, 15) is 4.79 Å². The van der Waals surface area contributed by atoms with Crippen molar-refractivity contribution in [3.63, 3.8) is 0 Å².